The second-order valence-corrected chi connectivity index (χ2v) is 6.50. The molecule has 1 aromatic carbocycles. The van der Waals surface area contributed by atoms with E-state index < -0.39 is 0 Å². The second kappa shape index (κ2) is 5.81. The van der Waals surface area contributed by atoms with E-state index in [1.807, 2.05) is 25.1 Å². The smallest absolute Gasteiger partial charge is 0.268 e. The van der Waals surface area contributed by atoms with Crippen molar-refractivity contribution in [1.82, 2.24) is 19.9 Å². The zero-order valence-corrected chi connectivity index (χ0v) is 14.4. The van der Waals surface area contributed by atoms with E-state index in [1.54, 1.807) is 18.4 Å². The van der Waals surface area contributed by atoms with Gasteiger partial charge in [-0.3, -0.25) is 4.79 Å². The fourth-order valence-corrected chi connectivity index (χ4v) is 3.22. The molecular weight excluding hydrogens is 316 g/mol. The number of nitrogens with one attached hydrogen (secondary N) is 2. The lowest BCUT2D eigenvalue weighted by atomic mass is 10.2. The molecule has 4 rings (SSSR count). The molecule has 3 aromatic heterocycles. The molecule has 25 heavy (non-hydrogen) atoms. The van der Waals surface area contributed by atoms with Gasteiger partial charge in [-0.15, -0.1) is 0 Å². The van der Waals surface area contributed by atoms with E-state index in [2.05, 4.69) is 34.8 Å². The van der Waals surface area contributed by atoms with Crippen LogP contribution in [0.15, 0.2) is 47.1 Å². The van der Waals surface area contributed by atoms with Crippen molar-refractivity contribution in [3.05, 3.63) is 54.2 Å². The Balaban J connectivity index is 1.65. The van der Waals surface area contributed by atoms with Gasteiger partial charge in [0.05, 0.1) is 28.9 Å². The Morgan fingerprint density at radius 1 is 1.24 bits per heavy atom. The number of nitrogens with zero attached hydrogens (tertiary/aromatic N) is 2. The van der Waals surface area contributed by atoms with Crippen molar-refractivity contribution < 1.29 is 9.21 Å². The molecule has 0 saturated heterocycles. The van der Waals surface area contributed by atoms with E-state index >= 15 is 0 Å². The van der Waals surface area contributed by atoms with Crippen LogP contribution >= 0.6 is 0 Å². The highest BCUT2D eigenvalue weighted by Gasteiger charge is 2.21. The van der Waals surface area contributed by atoms with Crippen LogP contribution < -0.4 is 5.32 Å². The third kappa shape index (κ3) is 2.59. The van der Waals surface area contributed by atoms with Crippen molar-refractivity contribution in [2.45, 2.75) is 32.9 Å². The Bertz CT molecular complexity index is 1030. The van der Waals surface area contributed by atoms with Crippen LogP contribution in [-0.4, -0.2) is 20.4 Å². The zero-order valence-electron chi connectivity index (χ0n) is 14.4. The Hall–Kier alpha value is -3.02. The van der Waals surface area contributed by atoms with E-state index in [4.69, 9.17) is 9.40 Å². The van der Waals surface area contributed by atoms with E-state index in [1.165, 1.54) is 0 Å². The molecule has 0 saturated carbocycles. The van der Waals surface area contributed by atoms with Crippen LogP contribution in [0.2, 0.25) is 0 Å². The van der Waals surface area contributed by atoms with Gasteiger partial charge < -0.3 is 19.3 Å². The molecule has 128 valence electrons. The number of H-pyrrole nitrogens is 1. The van der Waals surface area contributed by atoms with Gasteiger partial charge >= 0.3 is 0 Å². The number of carbonyl (C=O) groups is 1. The topological polar surface area (TPSA) is 75.8 Å². The third-order valence-corrected chi connectivity index (χ3v) is 4.36. The van der Waals surface area contributed by atoms with Gasteiger partial charge in [0.15, 0.2) is 5.58 Å². The van der Waals surface area contributed by atoms with Crippen molar-refractivity contribution in [2.24, 2.45) is 0 Å². The number of fused-ring (bicyclic) bond motifs is 2. The highest BCUT2D eigenvalue weighted by atomic mass is 16.3. The maximum Gasteiger partial charge on any atom is 0.268 e. The molecule has 0 aliphatic heterocycles. The highest BCUT2D eigenvalue weighted by Crippen LogP contribution is 2.25. The number of hydrogen-bond acceptors (Lipinski definition) is 3. The van der Waals surface area contributed by atoms with Crippen molar-refractivity contribution in [2.75, 3.05) is 0 Å². The largest absolute Gasteiger partial charge is 0.463 e. The van der Waals surface area contributed by atoms with E-state index in [0.29, 0.717) is 11.3 Å². The van der Waals surface area contributed by atoms with Gasteiger partial charge in [-0.25, -0.2) is 4.98 Å². The first-order valence-electron chi connectivity index (χ1n) is 8.38. The molecule has 0 aliphatic rings. The molecule has 0 fully saturated rings. The number of aromatic nitrogens is 3. The summed E-state index contributed by atoms with van der Waals surface area (Å²) in [5.41, 5.74) is 3.98. The summed E-state index contributed by atoms with van der Waals surface area (Å²) >= 11 is 0. The molecule has 0 unspecified atom stereocenters. The van der Waals surface area contributed by atoms with Crippen LogP contribution in [0.1, 0.15) is 49.2 Å². The lowest BCUT2D eigenvalue weighted by Crippen LogP contribution is -2.29. The number of rotatable bonds is 4. The van der Waals surface area contributed by atoms with Crippen LogP contribution in [0.4, 0.5) is 0 Å². The summed E-state index contributed by atoms with van der Waals surface area (Å²) in [6, 6.07) is 11.6. The minimum atomic E-state index is -0.225. The highest BCUT2D eigenvalue weighted by molar-refractivity contribution is 5.97. The average Bonchev–Trinajstić information content (AvgIpc) is 3.26. The Kier molecular flexibility index (Phi) is 3.60. The summed E-state index contributed by atoms with van der Waals surface area (Å²) in [7, 11) is 0. The quantitative estimate of drug-likeness (QED) is 0.587. The SMILES string of the molecule is CC(C)n1c([C@H](C)NC(=O)c2cc3occc3[nH]2)nc2ccccc21. The number of para-hydroxylation sites is 2. The fourth-order valence-electron chi connectivity index (χ4n) is 3.22. The predicted molar refractivity (Wildman–Crippen MR) is 96.6 cm³/mol. The van der Waals surface area contributed by atoms with Gasteiger partial charge in [0.25, 0.3) is 5.91 Å². The molecule has 4 aromatic rings. The first kappa shape index (κ1) is 15.5. The van der Waals surface area contributed by atoms with Gasteiger partial charge in [0, 0.05) is 18.2 Å². The normalized spacial score (nSPS) is 13.0. The number of hydrogen-bond donors (Lipinski definition) is 2. The molecular formula is C19H20N4O2. The molecule has 0 radical (unpaired) electrons. The summed E-state index contributed by atoms with van der Waals surface area (Å²) in [4.78, 5) is 20.4. The number of aromatic amines is 1. The average molecular weight is 336 g/mol. The molecule has 1 amide bonds. The van der Waals surface area contributed by atoms with Gasteiger partial charge in [-0.2, -0.15) is 0 Å². The molecule has 3 heterocycles. The minimum absolute atomic E-state index is 0.179. The van der Waals surface area contributed by atoms with Crippen LogP contribution in [0.5, 0.6) is 0 Å². The maximum absolute atomic E-state index is 12.6. The molecule has 6 nitrogen and oxygen atoms in total. The summed E-state index contributed by atoms with van der Waals surface area (Å²) in [5, 5.41) is 3.02. The number of carbonyl (C=O) groups excluding carboxylic acids is 1. The first-order chi connectivity index (χ1) is 12.0. The second-order valence-electron chi connectivity index (χ2n) is 6.50. The van der Waals surface area contributed by atoms with Gasteiger partial charge in [-0.05, 0) is 32.9 Å². The summed E-state index contributed by atoms with van der Waals surface area (Å²) < 4.78 is 7.47. The number of benzene rings is 1. The standard InChI is InChI=1S/C19H20N4O2/c1-11(2)23-16-7-5-4-6-13(16)22-18(23)12(3)20-19(24)15-10-17-14(21-15)8-9-25-17/h4-12,21H,1-3H3,(H,20,24)/t12-/m0/s1. The Morgan fingerprint density at radius 2 is 2.04 bits per heavy atom. The molecule has 1 atom stereocenters. The Morgan fingerprint density at radius 3 is 2.80 bits per heavy atom. The summed E-state index contributed by atoms with van der Waals surface area (Å²) in [6.45, 7) is 6.18. The van der Waals surface area contributed by atoms with Crippen molar-refractivity contribution in [1.29, 1.82) is 0 Å². The van der Waals surface area contributed by atoms with Gasteiger partial charge in [-0.1, -0.05) is 12.1 Å². The van der Waals surface area contributed by atoms with Crippen molar-refractivity contribution in [3.8, 4) is 0 Å². The minimum Gasteiger partial charge on any atom is -0.463 e. The lowest BCUT2D eigenvalue weighted by molar-refractivity contribution is 0.0933. The monoisotopic (exact) mass is 336 g/mol. The van der Waals surface area contributed by atoms with E-state index in [9.17, 15) is 4.79 Å². The number of imidazole rings is 1. The molecule has 0 bridgehead atoms. The van der Waals surface area contributed by atoms with Gasteiger partial charge in [0.1, 0.15) is 11.5 Å². The van der Waals surface area contributed by atoms with E-state index in [0.717, 1.165) is 22.4 Å². The first-order valence-corrected chi connectivity index (χ1v) is 8.38. The van der Waals surface area contributed by atoms with Crippen LogP contribution in [0, 0.1) is 0 Å². The summed E-state index contributed by atoms with van der Waals surface area (Å²) in [6.07, 6.45) is 1.59. The lowest BCUT2D eigenvalue weighted by Gasteiger charge is -2.18. The van der Waals surface area contributed by atoms with Crippen LogP contribution in [0.3, 0.4) is 0 Å². The molecule has 6 heteroatoms. The van der Waals surface area contributed by atoms with Crippen LogP contribution in [-0.2, 0) is 0 Å². The van der Waals surface area contributed by atoms with Crippen molar-refractivity contribution >= 4 is 28.0 Å². The van der Waals surface area contributed by atoms with Crippen LogP contribution in [0.25, 0.3) is 22.1 Å². The number of furan rings is 1. The zero-order chi connectivity index (χ0) is 17.6. The fraction of sp³-hybridized carbons (Fsp3) is 0.263. The van der Waals surface area contributed by atoms with Gasteiger partial charge in [0.2, 0.25) is 0 Å². The van der Waals surface area contributed by atoms with E-state index in [-0.39, 0.29) is 18.0 Å². The predicted octanol–water partition coefficient (Wildman–Crippen LogP) is 4.18. The molecule has 0 spiro atoms. The van der Waals surface area contributed by atoms with Crippen molar-refractivity contribution in [3.63, 3.8) is 0 Å². The third-order valence-electron chi connectivity index (χ3n) is 4.36. The summed E-state index contributed by atoms with van der Waals surface area (Å²) in [5.74, 6) is 0.668. The molecule has 0 aliphatic carbocycles. The number of amides is 1. The Labute approximate surface area is 144 Å². The molecule has 2 N–H and O–H groups in total. The maximum atomic E-state index is 12.6.